The zero-order valence-corrected chi connectivity index (χ0v) is 9.73. The monoisotopic (exact) mass is 223 g/mol. The highest BCUT2D eigenvalue weighted by Crippen LogP contribution is 2.25. The quantitative estimate of drug-likeness (QED) is 0.537. The molecule has 0 saturated carbocycles. The number of rotatable bonds is 4. The first kappa shape index (κ1) is 12.5. The SMILES string of the molecule is C=CC(=CC)N1C(=O)CCC1C(=O)OCC. The van der Waals surface area contributed by atoms with Crippen LogP contribution in [0.25, 0.3) is 0 Å². The molecule has 0 aromatic carbocycles. The predicted octanol–water partition coefficient (Wildman–Crippen LogP) is 1.63. The van der Waals surface area contributed by atoms with Gasteiger partial charge in [-0.25, -0.2) is 4.79 Å². The molecular weight excluding hydrogens is 206 g/mol. The lowest BCUT2D eigenvalue weighted by molar-refractivity contribution is -0.150. The van der Waals surface area contributed by atoms with Crippen LogP contribution < -0.4 is 0 Å². The molecule has 1 heterocycles. The van der Waals surface area contributed by atoms with E-state index in [4.69, 9.17) is 4.74 Å². The number of ether oxygens (including phenoxy) is 1. The molecule has 1 fully saturated rings. The Morgan fingerprint density at radius 3 is 2.88 bits per heavy atom. The summed E-state index contributed by atoms with van der Waals surface area (Å²) >= 11 is 0. The van der Waals surface area contributed by atoms with E-state index in [0.717, 1.165) is 0 Å². The number of hydrogen-bond donors (Lipinski definition) is 0. The number of nitrogens with zero attached hydrogens (tertiary/aromatic N) is 1. The van der Waals surface area contributed by atoms with Crippen LogP contribution in [0.3, 0.4) is 0 Å². The lowest BCUT2D eigenvalue weighted by Gasteiger charge is -2.23. The summed E-state index contributed by atoms with van der Waals surface area (Å²) in [6.45, 7) is 7.53. The average molecular weight is 223 g/mol. The van der Waals surface area contributed by atoms with Gasteiger partial charge in [0.25, 0.3) is 0 Å². The van der Waals surface area contributed by atoms with Crippen molar-refractivity contribution in [3.8, 4) is 0 Å². The Kier molecular flexibility index (Phi) is 4.28. The molecule has 0 aliphatic carbocycles. The third kappa shape index (κ3) is 2.32. The first-order chi connectivity index (χ1) is 7.65. The van der Waals surface area contributed by atoms with Crippen molar-refractivity contribution in [2.75, 3.05) is 6.61 Å². The minimum atomic E-state index is -0.489. The summed E-state index contributed by atoms with van der Waals surface area (Å²) in [5.74, 6) is -0.388. The molecule has 1 amide bonds. The standard InChI is InChI=1S/C12H17NO3/c1-4-9(5-2)13-10(7-8-11(13)14)12(15)16-6-3/h4-5,10H,1,6-8H2,2-3H3. The van der Waals surface area contributed by atoms with E-state index in [1.807, 2.05) is 6.92 Å². The van der Waals surface area contributed by atoms with Crippen LogP contribution in [0.5, 0.6) is 0 Å². The van der Waals surface area contributed by atoms with Gasteiger partial charge in [-0.2, -0.15) is 0 Å². The number of amides is 1. The van der Waals surface area contributed by atoms with Crippen molar-refractivity contribution in [1.29, 1.82) is 0 Å². The minimum absolute atomic E-state index is 0.0500. The number of allylic oxidation sites excluding steroid dienone is 2. The van der Waals surface area contributed by atoms with Gasteiger partial charge in [-0.1, -0.05) is 12.7 Å². The maximum Gasteiger partial charge on any atom is 0.329 e. The molecule has 1 atom stereocenters. The zero-order chi connectivity index (χ0) is 12.1. The fraction of sp³-hybridized carbons (Fsp3) is 0.500. The van der Waals surface area contributed by atoms with Crippen molar-refractivity contribution < 1.29 is 14.3 Å². The second-order valence-corrected chi connectivity index (χ2v) is 3.49. The van der Waals surface area contributed by atoms with Crippen LogP contribution in [0, 0.1) is 0 Å². The van der Waals surface area contributed by atoms with Gasteiger partial charge in [0.05, 0.1) is 6.61 Å². The van der Waals surface area contributed by atoms with E-state index < -0.39 is 6.04 Å². The first-order valence-electron chi connectivity index (χ1n) is 5.43. The lowest BCUT2D eigenvalue weighted by atomic mass is 10.2. The molecule has 4 heteroatoms. The molecule has 0 aromatic rings. The topological polar surface area (TPSA) is 46.6 Å². The molecule has 1 saturated heterocycles. The zero-order valence-electron chi connectivity index (χ0n) is 9.73. The fourth-order valence-electron chi connectivity index (χ4n) is 1.82. The molecule has 1 aliphatic rings. The number of carbonyl (C=O) groups is 2. The summed E-state index contributed by atoms with van der Waals surface area (Å²) in [7, 11) is 0. The summed E-state index contributed by atoms with van der Waals surface area (Å²) < 4.78 is 4.95. The minimum Gasteiger partial charge on any atom is -0.464 e. The van der Waals surface area contributed by atoms with Gasteiger partial charge in [0.1, 0.15) is 6.04 Å². The Hall–Kier alpha value is -1.58. The second-order valence-electron chi connectivity index (χ2n) is 3.49. The highest BCUT2D eigenvalue weighted by Gasteiger charge is 2.38. The van der Waals surface area contributed by atoms with Gasteiger partial charge in [-0.3, -0.25) is 9.69 Å². The summed E-state index contributed by atoms with van der Waals surface area (Å²) in [5, 5.41) is 0. The Bertz CT molecular complexity index is 333. The smallest absolute Gasteiger partial charge is 0.329 e. The number of hydrogen-bond acceptors (Lipinski definition) is 3. The van der Waals surface area contributed by atoms with Crippen LogP contribution in [0.4, 0.5) is 0 Å². The van der Waals surface area contributed by atoms with E-state index in [1.54, 1.807) is 19.1 Å². The highest BCUT2D eigenvalue weighted by atomic mass is 16.5. The normalized spacial score (nSPS) is 21.1. The lowest BCUT2D eigenvalue weighted by Crippen LogP contribution is -2.38. The molecule has 0 bridgehead atoms. The molecule has 0 radical (unpaired) electrons. The maximum atomic E-state index is 11.7. The molecule has 1 unspecified atom stereocenters. The Labute approximate surface area is 95.6 Å². The van der Waals surface area contributed by atoms with E-state index in [9.17, 15) is 9.59 Å². The molecule has 4 nitrogen and oxygen atoms in total. The largest absolute Gasteiger partial charge is 0.464 e. The second kappa shape index (κ2) is 5.49. The number of likely N-dealkylation sites (tertiary alicyclic amines) is 1. The van der Waals surface area contributed by atoms with Crippen LogP contribution in [-0.4, -0.2) is 29.4 Å². The summed E-state index contributed by atoms with van der Waals surface area (Å²) in [6.07, 6.45) is 4.25. The van der Waals surface area contributed by atoms with Crippen molar-refractivity contribution in [1.82, 2.24) is 4.90 Å². The maximum absolute atomic E-state index is 11.7. The van der Waals surface area contributed by atoms with Gasteiger partial charge in [-0.05, 0) is 26.3 Å². The average Bonchev–Trinajstić information content (AvgIpc) is 2.64. The van der Waals surface area contributed by atoms with Gasteiger partial charge in [0.15, 0.2) is 0 Å². The molecule has 16 heavy (non-hydrogen) atoms. The fourth-order valence-corrected chi connectivity index (χ4v) is 1.82. The first-order valence-corrected chi connectivity index (χ1v) is 5.43. The van der Waals surface area contributed by atoms with Crippen LogP contribution in [0.2, 0.25) is 0 Å². The Morgan fingerprint density at radius 2 is 2.38 bits per heavy atom. The number of carbonyl (C=O) groups excluding carboxylic acids is 2. The van der Waals surface area contributed by atoms with Gasteiger partial charge in [-0.15, -0.1) is 0 Å². The van der Waals surface area contributed by atoms with Crippen LogP contribution in [0.1, 0.15) is 26.7 Å². The van der Waals surface area contributed by atoms with Gasteiger partial charge < -0.3 is 4.74 Å². The van der Waals surface area contributed by atoms with Crippen molar-refractivity contribution >= 4 is 11.9 Å². The van der Waals surface area contributed by atoms with E-state index in [2.05, 4.69) is 6.58 Å². The van der Waals surface area contributed by atoms with E-state index >= 15 is 0 Å². The molecule has 0 aromatic heterocycles. The summed E-state index contributed by atoms with van der Waals surface area (Å²) in [4.78, 5) is 24.8. The van der Waals surface area contributed by atoms with E-state index in [-0.39, 0.29) is 11.9 Å². The number of esters is 1. The van der Waals surface area contributed by atoms with Crippen molar-refractivity contribution in [2.24, 2.45) is 0 Å². The van der Waals surface area contributed by atoms with Gasteiger partial charge in [0, 0.05) is 12.1 Å². The predicted molar refractivity (Wildman–Crippen MR) is 60.5 cm³/mol. The van der Waals surface area contributed by atoms with Crippen LogP contribution in [-0.2, 0) is 14.3 Å². The Balaban J connectivity index is 2.89. The van der Waals surface area contributed by atoms with Crippen molar-refractivity contribution in [2.45, 2.75) is 32.7 Å². The molecule has 0 N–H and O–H groups in total. The van der Waals surface area contributed by atoms with E-state index in [1.165, 1.54) is 4.90 Å². The molecule has 0 spiro atoms. The van der Waals surface area contributed by atoms with Gasteiger partial charge in [0.2, 0.25) is 5.91 Å². The van der Waals surface area contributed by atoms with Crippen molar-refractivity contribution in [3.05, 3.63) is 24.4 Å². The third-order valence-corrected chi connectivity index (χ3v) is 2.55. The Morgan fingerprint density at radius 1 is 1.69 bits per heavy atom. The van der Waals surface area contributed by atoms with E-state index in [0.29, 0.717) is 25.1 Å². The van der Waals surface area contributed by atoms with Crippen LogP contribution in [0.15, 0.2) is 24.4 Å². The summed E-state index contributed by atoms with van der Waals surface area (Å²) in [6, 6.07) is -0.489. The highest BCUT2D eigenvalue weighted by molar-refractivity contribution is 5.89. The molecule has 88 valence electrons. The summed E-state index contributed by atoms with van der Waals surface area (Å²) in [5.41, 5.74) is 0.667. The van der Waals surface area contributed by atoms with Crippen LogP contribution >= 0.6 is 0 Å². The molecular formula is C12H17NO3. The third-order valence-electron chi connectivity index (χ3n) is 2.55. The van der Waals surface area contributed by atoms with Crippen molar-refractivity contribution in [3.63, 3.8) is 0 Å². The molecule has 1 aliphatic heterocycles. The molecule has 1 rings (SSSR count). The van der Waals surface area contributed by atoms with Gasteiger partial charge >= 0.3 is 5.97 Å².